The fourth-order valence-electron chi connectivity index (χ4n) is 3.07. The summed E-state index contributed by atoms with van der Waals surface area (Å²) in [7, 11) is 0. The highest BCUT2D eigenvalue weighted by Crippen LogP contribution is 2.40. The van der Waals surface area contributed by atoms with E-state index in [1.807, 2.05) is 0 Å². The first-order valence-electron chi connectivity index (χ1n) is 7.24. The van der Waals surface area contributed by atoms with Gasteiger partial charge in [-0.15, -0.1) is 11.3 Å². The van der Waals surface area contributed by atoms with E-state index in [0.29, 0.717) is 5.39 Å². The highest BCUT2D eigenvalue weighted by molar-refractivity contribution is 7.19. The summed E-state index contributed by atoms with van der Waals surface area (Å²) in [6.07, 6.45) is 0.613. The van der Waals surface area contributed by atoms with Crippen molar-refractivity contribution in [2.24, 2.45) is 5.92 Å². The molecule has 0 spiro atoms. The molecule has 1 atom stereocenters. The number of aliphatic hydroxyl groups is 1. The first-order chi connectivity index (χ1) is 9.95. The molecule has 1 aromatic heterocycles. The number of halogens is 3. The van der Waals surface area contributed by atoms with Crippen molar-refractivity contribution in [3.05, 3.63) is 34.7 Å². The average molecular weight is 314 g/mol. The van der Waals surface area contributed by atoms with Crippen LogP contribution in [0.3, 0.4) is 0 Å². The van der Waals surface area contributed by atoms with Crippen molar-refractivity contribution < 1.29 is 18.3 Å². The smallest absolute Gasteiger partial charge is 0.387 e. The van der Waals surface area contributed by atoms with E-state index in [9.17, 15) is 18.3 Å². The number of hydrogen-bond donors (Lipinski definition) is 1. The Balaban J connectivity index is 1.89. The third-order valence-corrected chi connectivity index (χ3v) is 5.44. The lowest BCUT2D eigenvalue weighted by Gasteiger charge is -2.25. The molecule has 114 valence electrons. The summed E-state index contributed by atoms with van der Waals surface area (Å²) in [5.41, 5.74) is -0.633. The van der Waals surface area contributed by atoms with Crippen molar-refractivity contribution >= 4 is 21.4 Å². The van der Waals surface area contributed by atoms with Gasteiger partial charge in [-0.3, -0.25) is 0 Å². The zero-order chi connectivity index (χ0) is 15.0. The lowest BCUT2D eigenvalue weighted by molar-refractivity contribution is -0.137. The van der Waals surface area contributed by atoms with Gasteiger partial charge in [0.25, 0.3) is 0 Å². The number of hydrogen-bond acceptors (Lipinski definition) is 2. The predicted octanol–water partition coefficient (Wildman–Crippen LogP) is 5.53. The van der Waals surface area contributed by atoms with Gasteiger partial charge in [-0.25, -0.2) is 0 Å². The zero-order valence-corrected chi connectivity index (χ0v) is 12.3. The van der Waals surface area contributed by atoms with Crippen LogP contribution in [0, 0.1) is 5.92 Å². The van der Waals surface area contributed by atoms with Crippen LogP contribution in [0.25, 0.3) is 10.1 Å². The Morgan fingerprint density at radius 3 is 2.48 bits per heavy atom. The van der Waals surface area contributed by atoms with E-state index in [2.05, 4.69) is 0 Å². The Labute approximate surface area is 125 Å². The molecule has 1 N–H and O–H groups in total. The van der Waals surface area contributed by atoms with Gasteiger partial charge in [0, 0.05) is 9.58 Å². The molecule has 0 amide bonds. The summed E-state index contributed by atoms with van der Waals surface area (Å²) in [6, 6.07) is 5.49. The highest BCUT2D eigenvalue weighted by Gasteiger charge is 2.31. The summed E-state index contributed by atoms with van der Waals surface area (Å²) in [5, 5.41) is 11.0. The van der Waals surface area contributed by atoms with Crippen molar-refractivity contribution in [1.82, 2.24) is 0 Å². The molecule has 0 saturated heterocycles. The third-order valence-electron chi connectivity index (χ3n) is 4.25. The van der Waals surface area contributed by atoms with Gasteiger partial charge in [-0.05, 0) is 48.4 Å². The van der Waals surface area contributed by atoms with E-state index < -0.39 is 17.8 Å². The minimum atomic E-state index is -4.32. The van der Waals surface area contributed by atoms with Crippen molar-refractivity contribution in [3.63, 3.8) is 0 Å². The van der Waals surface area contributed by atoms with E-state index >= 15 is 0 Å². The van der Waals surface area contributed by atoms with Crippen LogP contribution in [-0.4, -0.2) is 5.11 Å². The molecule has 1 aliphatic rings. The molecular weight excluding hydrogens is 297 g/mol. The van der Waals surface area contributed by atoms with E-state index in [0.717, 1.165) is 41.3 Å². The number of thiophene rings is 1. The summed E-state index contributed by atoms with van der Waals surface area (Å²) in [4.78, 5) is 0.788. The summed E-state index contributed by atoms with van der Waals surface area (Å²) in [6.45, 7) is 0. The van der Waals surface area contributed by atoms with Crippen LogP contribution in [0.5, 0.6) is 0 Å². The second-order valence-electron chi connectivity index (χ2n) is 5.74. The number of fused-ring (bicyclic) bond motifs is 1. The SMILES string of the molecule is OC(c1cc2cc(C(F)(F)F)ccc2s1)C1CCCCC1. The van der Waals surface area contributed by atoms with Gasteiger partial charge < -0.3 is 5.11 Å². The van der Waals surface area contributed by atoms with Gasteiger partial charge >= 0.3 is 6.18 Å². The normalized spacial score (nSPS) is 19.0. The molecule has 1 fully saturated rings. The molecule has 1 nitrogen and oxygen atoms in total. The molecule has 2 aromatic rings. The fraction of sp³-hybridized carbons (Fsp3) is 0.500. The summed E-state index contributed by atoms with van der Waals surface area (Å²) in [5.74, 6) is 0.244. The summed E-state index contributed by atoms with van der Waals surface area (Å²) >= 11 is 1.40. The quantitative estimate of drug-likeness (QED) is 0.772. The Hall–Kier alpha value is -1.07. The number of rotatable bonds is 2. The number of benzene rings is 1. The van der Waals surface area contributed by atoms with Gasteiger partial charge in [0.05, 0.1) is 11.7 Å². The second-order valence-corrected chi connectivity index (χ2v) is 6.86. The van der Waals surface area contributed by atoms with Crippen LogP contribution in [0.15, 0.2) is 24.3 Å². The molecule has 3 rings (SSSR count). The van der Waals surface area contributed by atoms with E-state index in [1.165, 1.54) is 29.9 Å². The predicted molar refractivity (Wildman–Crippen MR) is 78.4 cm³/mol. The van der Waals surface area contributed by atoms with Crippen molar-refractivity contribution in [2.45, 2.75) is 44.4 Å². The lowest BCUT2D eigenvalue weighted by atomic mass is 9.85. The molecule has 1 aromatic carbocycles. The minimum absolute atomic E-state index is 0.244. The van der Waals surface area contributed by atoms with Gasteiger partial charge in [-0.2, -0.15) is 13.2 Å². The van der Waals surface area contributed by atoms with Gasteiger partial charge in [0.15, 0.2) is 0 Å². The molecule has 5 heteroatoms. The third kappa shape index (κ3) is 3.09. The molecule has 0 radical (unpaired) electrons. The highest BCUT2D eigenvalue weighted by atomic mass is 32.1. The largest absolute Gasteiger partial charge is 0.416 e. The van der Waals surface area contributed by atoms with E-state index in [4.69, 9.17) is 0 Å². The maximum absolute atomic E-state index is 12.7. The van der Waals surface area contributed by atoms with Crippen molar-refractivity contribution in [1.29, 1.82) is 0 Å². The number of alkyl halides is 3. The van der Waals surface area contributed by atoms with Crippen molar-refractivity contribution in [3.8, 4) is 0 Å². The standard InChI is InChI=1S/C16H17F3OS/c17-16(18,19)12-6-7-13-11(8-12)9-14(21-13)15(20)10-4-2-1-3-5-10/h6-10,15,20H,1-5H2. The molecule has 0 bridgehead atoms. The second kappa shape index (κ2) is 5.61. The minimum Gasteiger partial charge on any atom is -0.387 e. The maximum atomic E-state index is 12.7. The van der Waals surface area contributed by atoms with Crippen molar-refractivity contribution in [2.75, 3.05) is 0 Å². The van der Waals surface area contributed by atoms with Crippen LogP contribution in [0.2, 0.25) is 0 Å². The van der Waals surface area contributed by atoms with E-state index in [-0.39, 0.29) is 5.92 Å². The molecular formula is C16H17F3OS. The topological polar surface area (TPSA) is 20.2 Å². The van der Waals surface area contributed by atoms with Crippen LogP contribution < -0.4 is 0 Å². The van der Waals surface area contributed by atoms with Gasteiger partial charge in [0.2, 0.25) is 0 Å². The molecule has 1 unspecified atom stereocenters. The average Bonchev–Trinajstić information content (AvgIpc) is 2.89. The zero-order valence-electron chi connectivity index (χ0n) is 11.5. The van der Waals surface area contributed by atoms with Crippen LogP contribution in [0.4, 0.5) is 13.2 Å². The maximum Gasteiger partial charge on any atom is 0.416 e. The van der Waals surface area contributed by atoms with Gasteiger partial charge in [-0.1, -0.05) is 19.3 Å². The van der Waals surface area contributed by atoms with Crippen LogP contribution in [0.1, 0.15) is 48.6 Å². The molecule has 1 aliphatic carbocycles. The fourth-order valence-corrected chi connectivity index (χ4v) is 4.19. The number of aliphatic hydroxyl groups excluding tert-OH is 1. The first kappa shape index (κ1) is 14.9. The lowest BCUT2D eigenvalue weighted by Crippen LogP contribution is -2.14. The first-order valence-corrected chi connectivity index (χ1v) is 8.05. The van der Waals surface area contributed by atoms with Crippen LogP contribution in [-0.2, 0) is 6.18 Å². The molecule has 1 heterocycles. The van der Waals surface area contributed by atoms with Crippen LogP contribution >= 0.6 is 11.3 Å². The molecule has 1 saturated carbocycles. The van der Waals surface area contributed by atoms with Gasteiger partial charge in [0.1, 0.15) is 0 Å². The monoisotopic (exact) mass is 314 g/mol. The Morgan fingerprint density at radius 2 is 1.81 bits per heavy atom. The Morgan fingerprint density at radius 1 is 1.10 bits per heavy atom. The molecule has 0 aliphatic heterocycles. The Bertz CT molecular complexity index is 626. The summed E-state index contributed by atoms with van der Waals surface area (Å²) < 4.78 is 39.0. The van der Waals surface area contributed by atoms with E-state index in [1.54, 1.807) is 6.07 Å². The Kier molecular flexibility index (Phi) is 3.97. The molecule has 21 heavy (non-hydrogen) atoms.